The minimum atomic E-state index is -3.83. The number of benzene rings is 1. The summed E-state index contributed by atoms with van der Waals surface area (Å²) in [6.45, 7) is -0.0111. The second kappa shape index (κ2) is 7.58. The van der Waals surface area contributed by atoms with Crippen LogP contribution >= 0.6 is 27.5 Å². The van der Waals surface area contributed by atoms with Gasteiger partial charge >= 0.3 is 0 Å². The van der Waals surface area contributed by atoms with Crippen LogP contribution in [0.4, 0.5) is 5.69 Å². The lowest BCUT2D eigenvalue weighted by Gasteiger charge is -2.18. The van der Waals surface area contributed by atoms with Crippen LogP contribution in [0.1, 0.15) is 6.42 Å². The smallest absolute Gasteiger partial charge is 0.242 e. The molecule has 9 heteroatoms. The molecular weight excluding hydrogens is 372 g/mol. The number of hydrogen-bond donors (Lipinski definition) is 3. The predicted molar refractivity (Wildman–Crippen MR) is 81.3 cm³/mol. The van der Waals surface area contributed by atoms with Crippen molar-refractivity contribution >= 4 is 43.2 Å². The maximum atomic E-state index is 12.3. The molecule has 0 amide bonds. The van der Waals surface area contributed by atoms with Crippen LogP contribution < -0.4 is 10.5 Å². The highest BCUT2D eigenvalue weighted by Gasteiger charge is 2.23. The molecule has 1 rings (SSSR count). The Morgan fingerprint density at radius 2 is 2.20 bits per heavy atom. The molecule has 0 aliphatic carbocycles. The van der Waals surface area contributed by atoms with Gasteiger partial charge in [-0.3, -0.25) is 0 Å². The highest BCUT2D eigenvalue weighted by molar-refractivity contribution is 9.10. The van der Waals surface area contributed by atoms with Crippen molar-refractivity contribution in [1.29, 1.82) is 0 Å². The van der Waals surface area contributed by atoms with Crippen LogP contribution in [0.5, 0.6) is 0 Å². The summed E-state index contributed by atoms with van der Waals surface area (Å²) in [6, 6.07) is 2.21. The number of nitrogen functional groups attached to an aromatic ring is 1. The van der Waals surface area contributed by atoms with Crippen LogP contribution in [-0.4, -0.2) is 39.9 Å². The maximum Gasteiger partial charge on any atom is 0.242 e. The lowest BCUT2D eigenvalue weighted by Crippen LogP contribution is -2.38. The summed E-state index contributed by atoms with van der Waals surface area (Å²) < 4.78 is 32.3. The van der Waals surface area contributed by atoms with E-state index in [0.717, 1.165) is 0 Å². The van der Waals surface area contributed by atoms with Crippen LogP contribution in [0.15, 0.2) is 21.5 Å². The molecule has 114 valence electrons. The number of hydrogen-bond acceptors (Lipinski definition) is 5. The molecule has 1 aromatic rings. The Bertz CT molecular complexity index is 562. The van der Waals surface area contributed by atoms with Gasteiger partial charge in [-0.1, -0.05) is 11.6 Å². The number of sulfonamides is 1. The molecule has 1 atom stereocenters. The Kier molecular flexibility index (Phi) is 6.70. The molecule has 6 nitrogen and oxygen atoms in total. The monoisotopic (exact) mass is 386 g/mol. The summed E-state index contributed by atoms with van der Waals surface area (Å²) in [7, 11) is -2.38. The Labute approximate surface area is 131 Å². The lowest BCUT2D eigenvalue weighted by atomic mass is 10.2. The number of rotatable bonds is 7. The van der Waals surface area contributed by atoms with E-state index >= 15 is 0 Å². The fourth-order valence-corrected chi connectivity index (χ4v) is 4.14. The van der Waals surface area contributed by atoms with Crippen molar-refractivity contribution in [2.24, 2.45) is 0 Å². The summed E-state index contributed by atoms with van der Waals surface area (Å²) in [4.78, 5) is -0.0541. The highest BCUT2D eigenvalue weighted by Crippen LogP contribution is 2.31. The van der Waals surface area contributed by atoms with E-state index in [1.807, 2.05) is 0 Å². The fraction of sp³-hybridized carbons (Fsp3) is 0.455. The first kappa shape index (κ1) is 17.7. The maximum absolute atomic E-state index is 12.3. The first-order valence-electron chi connectivity index (χ1n) is 5.68. The molecule has 0 saturated carbocycles. The summed E-state index contributed by atoms with van der Waals surface area (Å²) in [5, 5.41) is 9.15. The van der Waals surface area contributed by atoms with E-state index in [2.05, 4.69) is 20.7 Å². The van der Waals surface area contributed by atoms with Gasteiger partial charge in [0, 0.05) is 30.5 Å². The average molecular weight is 388 g/mol. The van der Waals surface area contributed by atoms with Crippen LogP contribution in [0, 0.1) is 0 Å². The van der Waals surface area contributed by atoms with Crippen LogP contribution in [0.3, 0.4) is 0 Å². The van der Waals surface area contributed by atoms with Gasteiger partial charge in [0.2, 0.25) is 10.0 Å². The van der Waals surface area contributed by atoms with Crippen molar-refractivity contribution < 1.29 is 18.3 Å². The molecule has 0 heterocycles. The molecule has 0 radical (unpaired) electrons. The van der Waals surface area contributed by atoms with Crippen LogP contribution in [0.25, 0.3) is 0 Å². The molecule has 0 spiro atoms. The summed E-state index contributed by atoms with van der Waals surface area (Å²) in [5.41, 5.74) is 5.90. The van der Waals surface area contributed by atoms with Crippen LogP contribution in [0.2, 0.25) is 5.02 Å². The van der Waals surface area contributed by atoms with Gasteiger partial charge in [-0.2, -0.15) is 0 Å². The molecule has 0 aliphatic heterocycles. The number of halogens is 2. The van der Waals surface area contributed by atoms with Gasteiger partial charge in [-0.05, 0) is 34.5 Å². The van der Waals surface area contributed by atoms with Gasteiger partial charge in [0.05, 0.1) is 16.0 Å². The Morgan fingerprint density at radius 1 is 1.55 bits per heavy atom. The molecule has 0 saturated heterocycles. The molecule has 20 heavy (non-hydrogen) atoms. The largest absolute Gasteiger partial charge is 0.398 e. The van der Waals surface area contributed by atoms with Crippen LogP contribution in [-0.2, 0) is 14.8 Å². The quantitative estimate of drug-likeness (QED) is 0.613. The molecule has 0 fully saturated rings. The molecule has 0 bridgehead atoms. The highest BCUT2D eigenvalue weighted by atomic mass is 79.9. The van der Waals surface area contributed by atoms with Crippen molar-refractivity contribution in [1.82, 2.24) is 4.72 Å². The first-order chi connectivity index (χ1) is 9.31. The number of aliphatic hydroxyl groups is 1. The first-order valence-corrected chi connectivity index (χ1v) is 8.34. The summed E-state index contributed by atoms with van der Waals surface area (Å²) in [5.74, 6) is 0. The molecule has 0 aromatic heterocycles. The van der Waals surface area contributed by atoms with Gasteiger partial charge in [-0.15, -0.1) is 0 Å². The van der Waals surface area contributed by atoms with Crippen molar-refractivity contribution in [2.75, 3.05) is 26.1 Å². The van der Waals surface area contributed by atoms with Gasteiger partial charge in [0.25, 0.3) is 0 Å². The zero-order chi connectivity index (χ0) is 15.3. The summed E-state index contributed by atoms with van der Waals surface area (Å²) >= 11 is 8.96. The van der Waals surface area contributed by atoms with E-state index in [1.165, 1.54) is 19.2 Å². The Hall–Kier alpha value is -0.380. The second-order valence-electron chi connectivity index (χ2n) is 4.09. The predicted octanol–water partition coefficient (Wildman–Crippen LogP) is 1.36. The number of nitrogens with two attached hydrogens (primary N) is 1. The number of methoxy groups -OCH3 is 1. The van der Waals surface area contributed by atoms with Crippen molar-refractivity contribution in [3.63, 3.8) is 0 Å². The molecule has 1 aromatic carbocycles. The molecule has 1 unspecified atom stereocenters. The number of nitrogens with one attached hydrogen (secondary N) is 1. The van der Waals surface area contributed by atoms with Crippen molar-refractivity contribution in [3.8, 4) is 0 Å². The fourth-order valence-electron chi connectivity index (χ4n) is 1.60. The van der Waals surface area contributed by atoms with Gasteiger partial charge in [0.15, 0.2) is 0 Å². The molecule has 0 aliphatic rings. The summed E-state index contributed by atoms with van der Waals surface area (Å²) in [6.07, 6.45) is 0.237. The van der Waals surface area contributed by atoms with Gasteiger partial charge in [-0.25, -0.2) is 13.1 Å². The van der Waals surface area contributed by atoms with E-state index in [9.17, 15) is 8.42 Å². The molecular formula is C11H16BrClN2O4S. The number of ether oxygens (including phenoxy) is 1. The normalized spacial score (nSPS) is 13.4. The van der Waals surface area contributed by atoms with Gasteiger partial charge in [0.1, 0.15) is 0 Å². The Morgan fingerprint density at radius 3 is 2.75 bits per heavy atom. The standard InChI is InChI=1S/C11H16BrClN2O4S/c1-19-6-8(2-3-16)15-20(17,18)10-5-7(13)4-9(14)11(10)12/h4-5,8,15-16H,2-3,6,14H2,1H3. The van der Waals surface area contributed by atoms with E-state index in [1.54, 1.807) is 0 Å². The SMILES string of the molecule is COCC(CCO)NS(=O)(=O)c1cc(Cl)cc(N)c1Br. The third kappa shape index (κ3) is 4.57. The second-order valence-corrected chi connectivity index (χ2v) is 7.00. The van der Waals surface area contributed by atoms with E-state index in [0.29, 0.717) is 0 Å². The van der Waals surface area contributed by atoms with E-state index in [4.69, 9.17) is 27.2 Å². The third-order valence-electron chi connectivity index (χ3n) is 2.49. The Balaban J connectivity index is 3.10. The topological polar surface area (TPSA) is 102 Å². The van der Waals surface area contributed by atoms with Crippen molar-refractivity contribution in [2.45, 2.75) is 17.4 Å². The zero-order valence-corrected chi connectivity index (χ0v) is 13.9. The average Bonchev–Trinajstić information content (AvgIpc) is 2.33. The van der Waals surface area contributed by atoms with Crippen molar-refractivity contribution in [3.05, 3.63) is 21.6 Å². The minimum absolute atomic E-state index is 0.0541. The number of aliphatic hydroxyl groups excluding tert-OH is 1. The van der Waals surface area contributed by atoms with E-state index in [-0.39, 0.29) is 39.7 Å². The zero-order valence-electron chi connectivity index (χ0n) is 10.8. The third-order valence-corrected chi connectivity index (χ3v) is 5.40. The van der Waals surface area contributed by atoms with Gasteiger partial charge < -0.3 is 15.6 Å². The minimum Gasteiger partial charge on any atom is -0.398 e. The lowest BCUT2D eigenvalue weighted by molar-refractivity contribution is 0.158. The molecule has 4 N–H and O–H groups in total. The number of anilines is 1. The van der Waals surface area contributed by atoms with E-state index < -0.39 is 16.1 Å².